The van der Waals surface area contributed by atoms with Crippen LogP contribution >= 0.6 is 15.9 Å². The fraction of sp³-hybridized carbons (Fsp3) is 0.0667. The molecule has 2 N–H and O–H groups in total. The Balaban J connectivity index is 2.02. The number of hydrogen-bond acceptors (Lipinski definition) is 4. The summed E-state index contributed by atoms with van der Waals surface area (Å²) in [6.07, 6.45) is 1.37. The van der Waals surface area contributed by atoms with E-state index >= 15 is 0 Å². The Labute approximate surface area is 142 Å². The summed E-state index contributed by atoms with van der Waals surface area (Å²) >= 11 is 3.31. The molecule has 0 radical (unpaired) electrons. The maximum atomic E-state index is 12.7. The lowest BCUT2D eigenvalue weighted by Crippen LogP contribution is -2.14. The van der Waals surface area contributed by atoms with Crippen molar-refractivity contribution in [3.05, 3.63) is 58.8 Å². The highest BCUT2D eigenvalue weighted by atomic mass is 79.9. The van der Waals surface area contributed by atoms with Gasteiger partial charge in [0, 0.05) is 10.0 Å². The van der Waals surface area contributed by atoms with Crippen LogP contribution in [0.2, 0.25) is 0 Å². The molecule has 118 valence electrons. The zero-order chi connectivity index (χ0) is 16.4. The van der Waals surface area contributed by atoms with E-state index in [0.717, 1.165) is 5.56 Å². The van der Waals surface area contributed by atoms with Crippen molar-refractivity contribution in [1.29, 1.82) is 0 Å². The first-order valence-electron chi connectivity index (χ1n) is 6.71. The summed E-state index contributed by atoms with van der Waals surface area (Å²) in [7, 11) is -3.73. The van der Waals surface area contributed by atoms with E-state index in [9.17, 15) is 8.42 Å². The van der Waals surface area contributed by atoms with Crippen LogP contribution in [0.25, 0.3) is 11.4 Å². The van der Waals surface area contributed by atoms with Crippen molar-refractivity contribution in [1.82, 2.24) is 15.2 Å². The van der Waals surface area contributed by atoms with E-state index in [4.69, 9.17) is 0 Å². The van der Waals surface area contributed by atoms with Crippen LogP contribution in [0.1, 0.15) is 5.56 Å². The van der Waals surface area contributed by atoms with Crippen LogP contribution in [0.5, 0.6) is 0 Å². The van der Waals surface area contributed by atoms with E-state index in [1.54, 1.807) is 42.5 Å². The number of hydrogen-bond donors (Lipinski definition) is 2. The molecule has 0 fully saturated rings. The van der Waals surface area contributed by atoms with Crippen LogP contribution in [-0.4, -0.2) is 23.6 Å². The third-order valence-electron chi connectivity index (χ3n) is 3.22. The number of nitrogens with zero attached hydrogens (tertiary/aromatic N) is 2. The number of anilines is 1. The molecule has 0 amide bonds. The molecule has 0 saturated carbocycles. The molecule has 0 aliphatic heterocycles. The second-order valence-electron chi connectivity index (χ2n) is 4.92. The third-order valence-corrected chi connectivity index (χ3v) is 5.56. The van der Waals surface area contributed by atoms with Crippen molar-refractivity contribution in [2.75, 3.05) is 4.72 Å². The molecule has 8 heteroatoms. The van der Waals surface area contributed by atoms with Crippen molar-refractivity contribution in [3.63, 3.8) is 0 Å². The summed E-state index contributed by atoms with van der Waals surface area (Å²) in [6.45, 7) is 1.90. The minimum absolute atomic E-state index is 0.176. The first kappa shape index (κ1) is 15.7. The Morgan fingerprint density at radius 1 is 1.17 bits per heavy atom. The molecular weight excluding hydrogens is 380 g/mol. The number of aromatic amines is 1. The number of sulfonamides is 1. The van der Waals surface area contributed by atoms with Crippen molar-refractivity contribution < 1.29 is 8.42 Å². The molecule has 0 aliphatic rings. The van der Waals surface area contributed by atoms with Crippen molar-refractivity contribution in [2.45, 2.75) is 11.8 Å². The molecular formula is C15H13BrN4O2S. The van der Waals surface area contributed by atoms with Gasteiger partial charge in [0.25, 0.3) is 10.0 Å². The average Bonchev–Trinajstić information content (AvgIpc) is 3.01. The van der Waals surface area contributed by atoms with E-state index in [2.05, 4.69) is 35.8 Å². The first-order valence-corrected chi connectivity index (χ1v) is 8.99. The molecule has 0 spiro atoms. The van der Waals surface area contributed by atoms with Crippen LogP contribution in [0.3, 0.4) is 0 Å². The van der Waals surface area contributed by atoms with Gasteiger partial charge in [-0.05, 0) is 52.7 Å². The molecule has 6 nitrogen and oxygen atoms in total. The topological polar surface area (TPSA) is 87.7 Å². The molecule has 3 rings (SSSR count). The minimum Gasteiger partial charge on any atom is -0.279 e. The van der Waals surface area contributed by atoms with Crippen LogP contribution in [0, 0.1) is 6.92 Å². The van der Waals surface area contributed by atoms with Gasteiger partial charge >= 0.3 is 0 Å². The summed E-state index contributed by atoms with van der Waals surface area (Å²) in [5.41, 5.74) is 2.02. The molecule has 3 aromatic rings. The molecule has 1 heterocycles. The van der Waals surface area contributed by atoms with E-state index in [1.807, 2.05) is 6.92 Å². The highest BCUT2D eigenvalue weighted by molar-refractivity contribution is 9.10. The fourth-order valence-corrected chi connectivity index (χ4v) is 4.41. The molecule has 0 atom stereocenters. The van der Waals surface area contributed by atoms with Gasteiger partial charge in [0.05, 0.1) is 5.69 Å². The van der Waals surface area contributed by atoms with Crippen molar-refractivity contribution >= 4 is 31.6 Å². The van der Waals surface area contributed by atoms with E-state index in [-0.39, 0.29) is 4.90 Å². The number of rotatable bonds is 4. The largest absolute Gasteiger partial charge is 0.279 e. The van der Waals surface area contributed by atoms with Gasteiger partial charge in [0.15, 0.2) is 5.82 Å². The number of para-hydroxylation sites is 1. The summed E-state index contributed by atoms with van der Waals surface area (Å²) in [5, 5.41) is 6.53. The van der Waals surface area contributed by atoms with Gasteiger partial charge < -0.3 is 0 Å². The zero-order valence-electron chi connectivity index (χ0n) is 12.1. The quantitative estimate of drug-likeness (QED) is 0.712. The Morgan fingerprint density at radius 3 is 2.65 bits per heavy atom. The van der Waals surface area contributed by atoms with Gasteiger partial charge in [-0.1, -0.05) is 18.2 Å². The predicted molar refractivity (Wildman–Crippen MR) is 91.5 cm³/mol. The normalized spacial score (nSPS) is 11.4. The van der Waals surface area contributed by atoms with Gasteiger partial charge in [-0.2, -0.15) is 5.10 Å². The monoisotopic (exact) mass is 392 g/mol. The number of H-pyrrole nitrogens is 1. The molecule has 1 aromatic heterocycles. The van der Waals surface area contributed by atoms with Gasteiger partial charge in [0.1, 0.15) is 11.2 Å². The van der Waals surface area contributed by atoms with Crippen LogP contribution < -0.4 is 4.72 Å². The van der Waals surface area contributed by atoms with E-state index in [0.29, 0.717) is 21.5 Å². The molecule has 0 aliphatic carbocycles. The summed E-state index contributed by atoms with van der Waals surface area (Å²) < 4.78 is 28.5. The second-order valence-corrected chi connectivity index (χ2v) is 7.42. The maximum absolute atomic E-state index is 12.7. The number of aromatic nitrogens is 3. The van der Waals surface area contributed by atoms with E-state index in [1.165, 1.54) is 6.33 Å². The van der Waals surface area contributed by atoms with Crippen LogP contribution in [-0.2, 0) is 10.0 Å². The smallest absolute Gasteiger partial charge is 0.263 e. The van der Waals surface area contributed by atoms with Gasteiger partial charge in [0.2, 0.25) is 0 Å². The number of benzene rings is 2. The summed E-state index contributed by atoms with van der Waals surface area (Å²) in [6, 6.07) is 12.1. The maximum Gasteiger partial charge on any atom is 0.263 e. The predicted octanol–water partition coefficient (Wildman–Crippen LogP) is 3.34. The lowest BCUT2D eigenvalue weighted by molar-refractivity contribution is 0.601. The second kappa shape index (κ2) is 6.13. The number of nitrogens with one attached hydrogen (secondary N) is 2. The standard InChI is InChI=1S/C15H13BrN4O2S/c1-10-6-7-14(12(16)8-10)23(21,22)20-13-5-3-2-4-11(13)15-17-9-18-19-15/h2-9,20H,1H3,(H,17,18,19). The third kappa shape index (κ3) is 3.27. The fourth-order valence-electron chi connectivity index (χ4n) is 2.14. The van der Waals surface area contributed by atoms with Gasteiger partial charge in [-0.3, -0.25) is 9.82 Å². The highest BCUT2D eigenvalue weighted by Gasteiger charge is 2.20. The molecule has 0 bridgehead atoms. The Kier molecular flexibility index (Phi) is 4.18. The summed E-state index contributed by atoms with van der Waals surface area (Å²) in [4.78, 5) is 4.24. The zero-order valence-corrected chi connectivity index (χ0v) is 14.5. The highest BCUT2D eigenvalue weighted by Crippen LogP contribution is 2.29. The van der Waals surface area contributed by atoms with Crippen molar-refractivity contribution in [2.24, 2.45) is 0 Å². The molecule has 23 heavy (non-hydrogen) atoms. The Bertz CT molecular complexity index is 940. The van der Waals surface area contributed by atoms with Crippen LogP contribution in [0.15, 0.2) is 58.2 Å². The minimum atomic E-state index is -3.73. The Morgan fingerprint density at radius 2 is 1.96 bits per heavy atom. The molecule has 0 unspecified atom stereocenters. The van der Waals surface area contributed by atoms with E-state index < -0.39 is 10.0 Å². The number of aryl methyl sites for hydroxylation is 1. The molecule has 0 saturated heterocycles. The van der Waals surface area contributed by atoms with Gasteiger partial charge in [-0.25, -0.2) is 13.4 Å². The van der Waals surface area contributed by atoms with Crippen LogP contribution in [0.4, 0.5) is 5.69 Å². The van der Waals surface area contributed by atoms with Gasteiger partial charge in [-0.15, -0.1) is 0 Å². The Hall–Kier alpha value is -2.19. The lowest BCUT2D eigenvalue weighted by atomic mass is 10.2. The number of halogens is 1. The van der Waals surface area contributed by atoms with Crippen molar-refractivity contribution in [3.8, 4) is 11.4 Å². The lowest BCUT2D eigenvalue weighted by Gasteiger charge is -2.12. The SMILES string of the molecule is Cc1ccc(S(=O)(=O)Nc2ccccc2-c2ncn[nH]2)c(Br)c1. The summed E-state index contributed by atoms with van der Waals surface area (Å²) in [5.74, 6) is 0.492. The average molecular weight is 393 g/mol. The first-order chi connectivity index (χ1) is 11.0. The molecule has 2 aromatic carbocycles.